The highest BCUT2D eigenvalue weighted by atomic mass is 32.2. The van der Waals surface area contributed by atoms with Crippen molar-refractivity contribution < 1.29 is 17.9 Å². The van der Waals surface area contributed by atoms with Gasteiger partial charge in [-0.2, -0.15) is 0 Å². The van der Waals surface area contributed by atoms with Crippen LogP contribution in [0.5, 0.6) is 5.75 Å². The fourth-order valence-corrected chi connectivity index (χ4v) is 5.19. The monoisotopic (exact) mass is 450 g/mol. The summed E-state index contributed by atoms with van der Waals surface area (Å²) >= 11 is 0. The Bertz CT molecular complexity index is 1200. The van der Waals surface area contributed by atoms with Crippen LogP contribution < -0.4 is 14.4 Å². The maximum atomic E-state index is 13.2. The van der Waals surface area contributed by atoms with Crippen molar-refractivity contribution in [3.8, 4) is 5.75 Å². The van der Waals surface area contributed by atoms with Gasteiger partial charge in [0.2, 0.25) is 0 Å². The Kier molecular flexibility index (Phi) is 5.93. The first-order valence-corrected chi connectivity index (χ1v) is 11.9. The van der Waals surface area contributed by atoms with Gasteiger partial charge in [0.25, 0.3) is 15.9 Å². The second-order valence-electron chi connectivity index (χ2n) is 7.95. The number of sulfonamides is 1. The summed E-state index contributed by atoms with van der Waals surface area (Å²) in [5.41, 5.74) is 1.49. The molecule has 0 aliphatic heterocycles. The summed E-state index contributed by atoms with van der Waals surface area (Å²) in [5, 5.41) is 3.15. The molecule has 0 radical (unpaired) electrons. The van der Waals surface area contributed by atoms with Crippen molar-refractivity contribution in [2.24, 2.45) is 0 Å². The molecule has 0 aromatic heterocycles. The third kappa shape index (κ3) is 4.08. The van der Waals surface area contributed by atoms with Crippen LogP contribution in [0.15, 0.2) is 83.8 Å². The van der Waals surface area contributed by atoms with Gasteiger partial charge in [0, 0.05) is 12.6 Å². The average Bonchev–Trinajstić information content (AvgIpc) is 2.81. The molecule has 6 nitrogen and oxygen atoms in total. The second kappa shape index (κ2) is 8.67. The number of carbonyl (C=O) groups excluding carboxylic acids is 1. The highest BCUT2D eigenvalue weighted by Crippen LogP contribution is 2.41. The van der Waals surface area contributed by atoms with Gasteiger partial charge in [-0.05, 0) is 67.3 Å². The number of methoxy groups -OCH3 is 1. The van der Waals surface area contributed by atoms with Crippen LogP contribution >= 0.6 is 0 Å². The molecule has 1 aliphatic rings. The minimum Gasteiger partial charge on any atom is -0.497 e. The number of benzene rings is 3. The summed E-state index contributed by atoms with van der Waals surface area (Å²) in [6.07, 6.45) is 2.76. The molecule has 0 saturated heterocycles. The third-order valence-electron chi connectivity index (χ3n) is 6.08. The molecule has 3 aromatic carbocycles. The summed E-state index contributed by atoms with van der Waals surface area (Å²) in [7, 11) is -0.801. The zero-order valence-electron chi connectivity index (χ0n) is 18.1. The number of amides is 1. The normalized spacial score (nSPS) is 14.8. The van der Waals surface area contributed by atoms with E-state index in [1.54, 1.807) is 43.5 Å². The smallest absolute Gasteiger partial charge is 0.264 e. The summed E-state index contributed by atoms with van der Waals surface area (Å²) in [4.78, 5) is 13.1. The van der Waals surface area contributed by atoms with Gasteiger partial charge in [-0.3, -0.25) is 9.10 Å². The number of carbonyl (C=O) groups is 1. The van der Waals surface area contributed by atoms with E-state index in [0.717, 1.165) is 24.8 Å². The molecule has 0 atom stereocenters. The van der Waals surface area contributed by atoms with Gasteiger partial charge in [-0.25, -0.2) is 8.42 Å². The van der Waals surface area contributed by atoms with Crippen molar-refractivity contribution in [2.45, 2.75) is 29.7 Å². The maximum absolute atomic E-state index is 13.2. The average molecular weight is 451 g/mol. The van der Waals surface area contributed by atoms with Crippen LogP contribution in [-0.4, -0.2) is 28.5 Å². The molecule has 1 aliphatic carbocycles. The Morgan fingerprint density at radius 1 is 0.969 bits per heavy atom. The number of rotatable bonds is 7. The van der Waals surface area contributed by atoms with Gasteiger partial charge in [0.1, 0.15) is 5.75 Å². The first-order valence-electron chi connectivity index (χ1n) is 10.5. The van der Waals surface area contributed by atoms with E-state index in [9.17, 15) is 13.2 Å². The molecule has 166 valence electrons. The number of ether oxygens (including phenoxy) is 1. The van der Waals surface area contributed by atoms with Crippen LogP contribution in [0.25, 0.3) is 0 Å². The van der Waals surface area contributed by atoms with E-state index in [2.05, 4.69) is 5.32 Å². The van der Waals surface area contributed by atoms with E-state index in [4.69, 9.17) is 4.74 Å². The third-order valence-corrected chi connectivity index (χ3v) is 7.86. The van der Waals surface area contributed by atoms with Gasteiger partial charge >= 0.3 is 0 Å². The second-order valence-corrected chi connectivity index (χ2v) is 9.92. The topological polar surface area (TPSA) is 75.7 Å². The largest absolute Gasteiger partial charge is 0.497 e. The summed E-state index contributed by atoms with van der Waals surface area (Å²) in [6.45, 7) is 0. The van der Waals surface area contributed by atoms with Gasteiger partial charge in [-0.1, -0.05) is 36.4 Å². The number of hydrogen-bond acceptors (Lipinski definition) is 4. The Hall–Kier alpha value is -3.32. The fourth-order valence-electron chi connectivity index (χ4n) is 3.95. The van der Waals surface area contributed by atoms with Crippen LogP contribution in [0.2, 0.25) is 0 Å². The van der Waals surface area contributed by atoms with E-state index in [-0.39, 0.29) is 10.8 Å². The zero-order chi connectivity index (χ0) is 22.8. The van der Waals surface area contributed by atoms with E-state index in [1.165, 1.54) is 23.5 Å². The van der Waals surface area contributed by atoms with Crippen LogP contribution in [0.1, 0.15) is 35.2 Å². The predicted molar refractivity (Wildman–Crippen MR) is 124 cm³/mol. The van der Waals surface area contributed by atoms with Crippen molar-refractivity contribution in [2.75, 3.05) is 18.5 Å². The van der Waals surface area contributed by atoms with Gasteiger partial charge in [-0.15, -0.1) is 0 Å². The lowest BCUT2D eigenvalue weighted by molar-refractivity contribution is 0.0823. The highest BCUT2D eigenvalue weighted by Gasteiger charge is 2.40. The van der Waals surface area contributed by atoms with E-state index in [0.29, 0.717) is 17.0 Å². The molecule has 1 amide bonds. The standard InChI is InChI=1S/C25H26N2O4S/c1-27(21-12-14-22(31-2)15-13-21)32(29,30)23-11-6-8-19(18-23)24(28)26-25(16-7-17-25)20-9-4-3-5-10-20/h3-6,8-15,18H,7,16-17H2,1-2H3,(H,26,28). The number of nitrogens with one attached hydrogen (secondary N) is 1. The molecule has 0 unspecified atom stereocenters. The molecule has 4 rings (SSSR count). The summed E-state index contributed by atoms with van der Waals surface area (Å²) in [6, 6.07) is 22.8. The molecule has 1 fully saturated rings. The lowest BCUT2D eigenvalue weighted by Gasteiger charge is -2.43. The summed E-state index contributed by atoms with van der Waals surface area (Å²) < 4.78 is 32.7. The predicted octanol–water partition coefficient (Wildman–Crippen LogP) is 4.33. The van der Waals surface area contributed by atoms with Crippen molar-refractivity contribution in [1.82, 2.24) is 5.32 Å². The molecule has 7 heteroatoms. The van der Waals surface area contributed by atoms with Crippen molar-refractivity contribution in [3.05, 3.63) is 90.0 Å². The summed E-state index contributed by atoms with van der Waals surface area (Å²) in [5.74, 6) is 0.360. The Morgan fingerprint density at radius 2 is 1.66 bits per heavy atom. The fraction of sp³-hybridized carbons (Fsp3) is 0.240. The van der Waals surface area contributed by atoms with Gasteiger partial charge in [0.15, 0.2) is 0 Å². The van der Waals surface area contributed by atoms with Crippen molar-refractivity contribution in [1.29, 1.82) is 0 Å². The van der Waals surface area contributed by atoms with Crippen LogP contribution in [0.4, 0.5) is 5.69 Å². The van der Waals surface area contributed by atoms with E-state index >= 15 is 0 Å². The number of anilines is 1. The number of nitrogens with zero attached hydrogens (tertiary/aromatic N) is 1. The van der Waals surface area contributed by atoms with E-state index < -0.39 is 15.6 Å². The van der Waals surface area contributed by atoms with Crippen molar-refractivity contribution in [3.63, 3.8) is 0 Å². The molecule has 1 saturated carbocycles. The maximum Gasteiger partial charge on any atom is 0.264 e. The Balaban J connectivity index is 1.58. The minimum atomic E-state index is -3.84. The molecule has 1 N–H and O–H groups in total. The van der Waals surface area contributed by atoms with Crippen molar-refractivity contribution >= 4 is 21.6 Å². The van der Waals surface area contributed by atoms with Gasteiger partial charge < -0.3 is 10.1 Å². The molecule has 0 bridgehead atoms. The SMILES string of the molecule is COc1ccc(N(C)S(=O)(=O)c2cccc(C(=O)NC3(c4ccccc4)CCC3)c2)cc1. The van der Waals surface area contributed by atoms with Crippen LogP contribution in [0, 0.1) is 0 Å². The molecular formula is C25H26N2O4S. The Labute approximate surface area is 188 Å². The number of hydrogen-bond donors (Lipinski definition) is 1. The quantitative estimate of drug-likeness (QED) is 0.581. The molecule has 3 aromatic rings. The van der Waals surface area contributed by atoms with Crippen LogP contribution in [-0.2, 0) is 15.6 Å². The first kappa shape index (κ1) is 21.9. The molecule has 32 heavy (non-hydrogen) atoms. The Morgan fingerprint density at radius 3 is 2.25 bits per heavy atom. The van der Waals surface area contributed by atoms with Crippen LogP contribution in [0.3, 0.4) is 0 Å². The molecule has 0 spiro atoms. The highest BCUT2D eigenvalue weighted by molar-refractivity contribution is 7.92. The zero-order valence-corrected chi connectivity index (χ0v) is 18.9. The molecule has 0 heterocycles. The molecular weight excluding hydrogens is 424 g/mol. The lowest BCUT2D eigenvalue weighted by Crippen LogP contribution is -2.50. The lowest BCUT2D eigenvalue weighted by atomic mass is 9.71. The van der Waals surface area contributed by atoms with E-state index in [1.807, 2.05) is 30.3 Å². The first-order chi connectivity index (χ1) is 15.4. The minimum absolute atomic E-state index is 0.0610. The van der Waals surface area contributed by atoms with Gasteiger partial charge in [0.05, 0.1) is 23.2 Å².